The average Bonchev–Trinajstić information content (AvgIpc) is 2.72. The first kappa shape index (κ1) is 23.0. The zero-order chi connectivity index (χ0) is 21.1. The van der Waals surface area contributed by atoms with Crippen LogP contribution in [-0.4, -0.2) is 17.5 Å². The predicted molar refractivity (Wildman–Crippen MR) is 118 cm³/mol. The Morgan fingerprint density at radius 3 is 2.52 bits per heavy atom. The second-order valence-electron chi connectivity index (χ2n) is 7.03. The van der Waals surface area contributed by atoms with Gasteiger partial charge in [0.05, 0.1) is 6.61 Å². The molecule has 29 heavy (non-hydrogen) atoms. The number of carbonyl (C=O) groups is 1. The molecule has 1 aromatic carbocycles. The number of ether oxygens (including phenoxy) is 1. The first-order valence-electron chi connectivity index (χ1n) is 10.3. The number of nitrogens with zero attached hydrogens (tertiary/aromatic N) is 1. The van der Waals surface area contributed by atoms with Gasteiger partial charge in [0, 0.05) is 17.6 Å². The van der Waals surface area contributed by atoms with Crippen LogP contribution in [0.5, 0.6) is 5.75 Å². The largest absolute Gasteiger partial charge is 0.490 e. The maximum absolute atomic E-state index is 12.0. The fourth-order valence-electron chi connectivity index (χ4n) is 3.15. The minimum absolute atomic E-state index is 0.0465. The lowest BCUT2D eigenvalue weighted by Crippen LogP contribution is -2.07. The van der Waals surface area contributed by atoms with E-state index in [1.165, 1.54) is 37.4 Å². The van der Waals surface area contributed by atoms with E-state index >= 15 is 0 Å². The van der Waals surface area contributed by atoms with E-state index in [1.54, 1.807) is 13.0 Å². The summed E-state index contributed by atoms with van der Waals surface area (Å²) in [5.41, 5.74) is 0.464. The Morgan fingerprint density at radius 1 is 1.14 bits per heavy atom. The molecule has 0 aliphatic rings. The number of hydrogen-bond donors (Lipinski definition) is 0. The summed E-state index contributed by atoms with van der Waals surface area (Å²) in [6.07, 6.45) is 8.52. The Kier molecular flexibility index (Phi) is 9.79. The van der Waals surface area contributed by atoms with Crippen molar-refractivity contribution in [3.05, 3.63) is 39.7 Å². The molecule has 0 aliphatic carbocycles. The number of aryl methyl sites for hydroxylation is 1. The summed E-state index contributed by atoms with van der Waals surface area (Å²) in [4.78, 5) is 23.2. The van der Waals surface area contributed by atoms with Gasteiger partial charge in [0.1, 0.15) is 11.6 Å². The third-order valence-corrected chi connectivity index (χ3v) is 5.97. The van der Waals surface area contributed by atoms with Gasteiger partial charge < -0.3 is 9.15 Å². The van der Waals surface area contributed by atoms with Crippen LogP contribution in [0.15, 0.2) is 27.4 Å². The Hall–Kier alpha value is -2.26. The summed E-state index contributed by atoms with van der Waals surface area (Å²) in [6, 6.07) is 7.37. The smallest absolute Gasteiger partial charge is 0.354 e. The van der Waals surface area contributed by atoms with Gasteiger partial charge in [-0.05, 0) is 31.4 Å². The second kappa shape index (κ2) is 12.3. The SMILES string of the molecule is CCC(=O)SCCCCCCCCCOc1cccc2c(C)c(C#N)c(=O)oc12. The number of hydrogen-bond acceptors (Lipinski definition) is 6. The summed E-state index contributed by atoms with van der Waals surface area (Å²) in [5.74, 6) is 1.49. The van der Waals surface area contributed by atoms with Crippen molar-refractivity contribution in [1.29, 1.82) is 5.26 Å². The van der Waals surface area contributed by atoms with Crippen molar-refractivity contribution in [3.8, 4) is 11.8 Å². The molecule has 0 amide bonds. The number of rotatable bonds is 12. The molecule has 0 saturated heterocycles. The first-order valence-corrected chi connectivity index (χ1v) is 11.3. The van der Waals surface area contributed by atoms with Gasteiger partial charge in [-0.25, -0.2) is 4.79 Å². The molecule has 2 rings (SSSR count). The molecule has 6 heteroatoms. The van der Waals surface area contributed by atoms with Gasteiger partial charge in [-0.15, -0.1) is 0 Å². The van der Waals surface area contributed by atoms with E-state index in [4.69, 9.17) is 14.4 Å². The number of thioether (sulfide) groups is 1. The lowest BCUT2D eigenvalue weighted by molar-refractivity contribution is -0.110. The van der Waals surface area contributed by atoms with Gasteiger partial charge in [-0.1, -0.05) is 62.9 Å². The van der Waals surface area contributed by atoms with Gasteiger partial charge in [-0.3, -0.25) is 4.79 Å². The number of para-hydroxylation sites is 1. The van der Waals surface area contributed by atoms with Crippen LogP contribution in [0.1, 0.15) is 69.4 Å². The lowest BCUT2D eigenvalue weighted by Gasteiger charge is -2.10. The molecular weight excluding hydrogens is 386 g/mol. The average molecular weight is 416 g/mol. The van der Waals surface area contributed by atoms with E-state index in [0.29, 0.717) is 29.9 Å². The van der Waals surface area contributed by atoms with Gasteiger partial charge in [-0.2, -0.15) is 5.26 Å². The first-order chi connectivity index (χ1) is 14.1. The van der Waals surface area contributed by atoms with Crippen molar-refractivity contribution >= 4 is 27.8 Å². The molecule has 0 spiro atoms. The quantitative estimate of drug-likeness (QED) is 0.324. The van der Waals surface area contributed by atoms with E-state index in [-0.39, 0.29) is 10.7 Å². The Morgan fingerprint density at radius 2 is 1.83 bits per heavy atom. The summed E-state index contributed by atoms with van der Waals surface area (Å²) in [7, 11) is 0. The minimum atomic E-state index is -0.619. The van der Waals surface area contributed by atoms with Crippen LogP contribution in [0.3, 0.4) is 0 Å². The highest BCUT2D eigenvalue weighted by molar-refractivity contribution is 8.13. The summed E-state index contributed by atoms with van der Waals surface area (Å²) >= 11 is 1.46. The van der Waals surface area contributed by atoms with Gasteiger partial charge in [0.2, 0.25) is 0 Å². The fraction of sp³-hybridized carbons (Fsp3) is 0.522. The van der Waals surface area contributed by atoms with E-state index < -0.39 is 5.63 Å². The monoisotopic (exact) mass is 415 g/mol. The topological polar surface area (TPSA) is 80.3 Å². The molecule has 1 heterocycles. The van der Waals surface area contributed by atoms with Gasteiger partial charge >= 0.3 is 5.63 Å². The van der Waals surface area contributed by atoms with Crippen molar-refractivity contribution in [2.75, 3.05) is 12.4 Å². The van der Waals surface area contributed by atoms with Crippen molar-refractivity contribution in [1.82, 2.24) is 0 Å². The molecule has 0 fully saturated rings. The summed E-state index contributed by atoms with van der Waals surface area (Å²) < 4.78 is 11.2. The highest BCUT2D eigenvalue weighted by Gasteiger charge is 2.14. The molecule has 156 valence electrons. The molecule has 5 nitrogen and oxygen atoms in total. The zero-order valence-electron chi connectivity index (χ0n) is 17.3. The normalized spacial score (nSPS) is 10.8. The third kappa shape index (κ3) is 6.93. The van der Waals surface area contributed by atoms with Crippen LogP contribution in [0.4, 0.5) is 0 Å². The highest BCUT2D eigenvalue weighted by atomic mass is 32.2. The molecule has 0 unspecified atom stereocenters. The zero-order valence-corrected chi connectivity index (χ0v) is 18.1. The molecule has 0 radical (unpaired) electrons. The molecule has 2 aromatic rings. The fourth-order valence-corrected chi connectivity index (χ4v) is 3.93. The molecule has 0 atom stereocenters. The van der Waals surface area contributed by atoms with Crippen LogP contribution >= 0.6 is 11.8 Å². The maximum Gasteiger partial charge on any atom is 0.354 e. The van der Waals surface area contributed by atoms with E-state index in [9.17, 15) is 9.59 Å². The Labute approximate surface area is 176 Å². The van der Waals surface area contributed by atoms with E-state index in [2.05, 4.69) is 0 Å². The van der Waals surface area contributed by atoms with Crippen LogP contribution in [0.2, 0.25) is 0 Å². The molecule has 0 aliphatic heterocycles. The van der Waals surface area contributed by atoms with Gasteiger partial charge in [0.15, 0.2) is 16.4 Å². The van der Waals surface area contributed by atoms with Crippen molar-refractivity contribution in [3.63, 3.8) is 0 Å². The van der Waals surface area contributed by atoms with E-state index in [1.807, 2.05) is 25.1 Å². The number of benzene rings is 1. The highest BCUT2D eigenvalue weighted by Crippen LogP contribution is 2.28. The standard InChI is InChI=1S/C23H29NO4S/c1-3-21(25)29-15-10-8-6-4-5-7-9-14-27-20-13-11-12-18-17(2)19(16-24)23(26)28-22(18)20/h11-13H,3-10,14-15H2,1-2H3. The summed E-state index contributed by atoms with van der Waals surface area (Å²) in [6.45, 7) is 4.22. The number of nitriles is 1. The second-order valence-corrected chi connectivity index (χ2v) is 8.18. The number of unbranched alkanes of at least 4 members (excludes halogenated alkanes) is 6. The molecule has 0 bridgehead atoms. The number of fused-ring (bicyclic) bond motifs is 1. The summed E-state index contributed by atoms with van der Waals surface area (Å²) in [5, 5.41) is 10.1. The van der Waals surface area contributed by atoms with Crippen LogP contribution in [0, 0.1) is 18.3 Å². The van der Waals surface area contributed by atoms with Crippen molar-refractivity contribution < 1.29 is 13.9 Å². The van der Waals surface area contributed by atoms with Crippen molar-refractivity contribution in [2.24, 2.45) is 0 Å². The van der Waals surface area contributed by atoms with Crippen LogP contribution in [-0.2, 0) is 4.79 Å². The molecule has 1 aromatic heterocycles. The Bertz CT molecular complexity index is 913. The number of carbonyl (C=O) groups excluding carboxylic acids is 1. The predicted octanol–water partition coefficient (Wildman–Crippen LogP) is 5.75. The molecule has 0 saturated carbocycles. The van der Waals surface area contributed by atoms with Gasteiger partial charge in [0.25, 0.3) is 0 Å². The maximum atomic E-state index is 12.0. The molecule has 0 N–H and O–H groups in total. The lowest BCUT2D eigenvalue weighted by atomic mass is 10.1. The Balaban J connectivity index is 1.69. The van der Waals surface area contributed by atoms with Crippen molar-refractivity contribution in [2.45, 2.75) is 65.2 Å². The minimum Gasteiger partial charge on any atom is -0.490 e. The molecular formula is C23H29NO4S. The van der Waals surface area contributed by atoms with Crippen LogP contribution in [0.25, 0.3) is 11.0 Å². The van der Waals surface area contributed by atoms with Crippen LogP contribution < -0.4 is 10.4 Å². The van der Waals surface area contributed by atoms with E-state index in [0.717, 1.165) is 30.4 Å². The third-order valence-electron chi connectivity index (χ3n) is 4.87.